The number of nitrogen functional groups attached to an aromatic ring is 1. The van der Waals surface area contributed by atoms with Crippen molar-refractivity contribution in [2.24, 2.45) is 0 Å². The molecule has 3 nitrogen and oxygen atoms in total. The highest BCUT2D eigenvalue weighted by molar-refractivity contribution is 7.07. The highest BCUT2D eigenvalue weighted by Crippen LogP contribution is 2.39. The van der Waals surface area contributed by atoms with E-state index in [1.807, 2.05) is 0 Å². The molecule has 2 aromatic rings. The van der Waals surface area contributed by atoms with Crippen LogP contribution >= 0.6 is 11.3 Å². The van der Waals surface area contributed by atoms with E-state index in [0.717, 1.165) is 25.1 Å². The molecule has 1 aromatic carbocycles. The summed E-state index contributed by atoms with van der Waals surface area (Å²) in [6.07, 6.45) is 2.31. The Morgan fingerprint density at radius 1 is 1.45 bits per heavy atom. The van der Waals surface area contributed by atoms with Gasteiger partial charge >= 0.3 is 0 Å². The van der Waals surface area contributed by atoms with Crippen molar-refractivity contribution in [3.05, 3.63) is 40.3 Å². The topological polar surface area (TPSA) is 38.5 Å². The molecule has 0 spiro atoms. The fourth-order valence-electron chi connectivity index (χ4n) is 2.34. The summed E-state index contributed by atoms with van der Waals surface area (Å²) < 4.78 is 18.7. The van der Waals surface area contributed by atoms with Crippen LogP contribution in [0.5, 0.6) is 5.75 Å². The second-order valence-electron chi connectivity index (χ2n) is 5.04. The molecule has 2 N–H and O–H groups in total. The van der Waals surface area contributed by atoms with Crippen molar-refractivity contribution in [2.45, 2.75) is 25.4 Å². The van der Waals surface area contributed by atoms with E-state index < -0.39 is 5.82 Å². The van der Waals surface area contributed by atoms with Crippen LogP contribution in [0.1, 0.15) is 18.4 Å². The quantitative estimate of drug-likeness (QED) is 0.855. The van der Waals surface area contributed by atoms with Crippen molar-refractivity contribution in [1.29, 1.82) is 0 Å². The summed E-state index contributed by atoms with van der Waals surface area (Å²) in [6.45, 7) is 0.799. The van der Waals surface area contributed by atoms with Crippen LogP contribution in [0.2, 0.25) is 0 Å². The number of hydrogen-bond donors (Lipinski definition) is 1. The van der Waals surface area contributed by atoms with Gasteiger partial charge < -0.3 is 15.4 Å². The number of anilines is 2. The molecule has 1 saturated carbocycles. The van der Waals surface area contributed by atoms with Crippen LogP contribution in [0.4, 0.5) is 15.8 Å². The van der Waals surface area contributed by atoms with Gasteiger partial charge in [-0.2, -0.15) is 11.3 Å². The molecule has 1 aromatic heterocycles. The van der Waals surface area contributed by atoms with Gasteiger partial charge in [0.1, 0.15) is 0 Å². The van der Waals surface area contributed by atoms with Crippen molar-refractivity contribution in [3.63, 3.8) is 0 Å². The van der Waals surface area contributed by atoms with E-state index in [4.69, 9.17) is 10.5 Å². The molecule has 3 rings (SSSR count). The second kappa shape index (κ2) is 5.32. The summed E-state index contributed by atoms with van der Waals surface area (Å²) in [6, 6.07) is 5.65. The number of halogens is 1. The standard InChI is InChI=1S/C15H17FN2OS/c1-19-15-7-14(13(17)6-12(15)16)18(11-2-3-11)8-10-4-5-20-9-10/h4-7,9,11H,2-3,8,17H2,1H3. The number of thiophene rings is 1. The number of methoxy groups -OCH3 is 1. The molecule has 0 atom stereocenters. The third-order valence-corrected chi connectivity index (χ3v) is 4.26. The summed E-state index contributed by atoms with van der Waals surface area (Å²) >= 11 is 1.68. The molecular formula is C15H17FN2OS. The van der Waals surface area contributed by atoms with Crippen LogP contribution in [-0.4, -0.2) is 13.2 Å². The van der Waals surface area contributed by atoms with Gasteiger partial charge in [-0.25, -0.2) is 4.39 Å². The average molecular weight is 292 g/mol. The fourth-order valence-corrected chi connectivity index (χ4v) is 3.00. The molecule has 20 heavy (non-hydrogen) atoms. The largest absolute Gasteiger partial charge is 0.494 e. The molecule has 1 aliphatic rings. The van der Waals surface area contributed by atoms with Crippen molar-refractivity contribution in [2.75, 3.05) is 17.7 Å². The molecule has 0 amide bonds. The summed E-state index contributed by atoms with van der Waals surface area (Å²) in [5.74, 6) is -0.176. The summed E-state index contributed by atoms with van der Waals surface area (Å²) in [5, 5.41) is 4.20. The third-order valence-electron chi connectivity index (χ3n) is 3.53. The first-order chi connectivity index (χ1) is 9.69. The van der Waals surface area contributed by atoms with E-state index in [0.29, 0.717) is 11.7 Å². The maximum atomic E-state index is 13.7. The highest BCUT2D eigenvalue weighted by Gasteiger charge is 2.31. The predicted molar refractivity (Wildman–Crippen MR) is 80.9 cm³/mol. The monoisotopic (exact) mass is 292 g/mol. The molecule has 0 unspecified atom stereocenters. The SMILES string of the molecule is COc1cc(N(Cc2ccsc2)C2CC2)c(N)cc1F. The van der Waals surface area contributed by atoms with Gasteiger partial charge in [-0.3, -0.25) is 0 Å². The van der Waals surface area contributed by atoms with E-state index in [2.05, 4.69) is 21.7 Å². The predicted octanol–water partition coefficient (Wildman–Crippen LogP) is 3.65. The van der Waals surface area contributed by atoms with Crippen LogP contribution in [0.15, 0.2) is 29.0 Å². The van der Waals surface area contributed by atoms with Crippen molar-refractivity contribution in [3.8, 4) is 5.75 Å². The second-order valence-corrected chi connectivity index (χ2v) is 5.82. The summed E-state index contributed by atoms with van der Waals surface area (Å²) in [4.78, 5) is 2.25. The molecule has 5 heteroatoms. The van der Waals surface area contributed by atoms with Gasteiger partial charge in [-0.1, -0.05) is 0 Å². The van der Waals surface area contributed by atoms with Crippen molar-refractivity contribution >= 4 is 22.7 Å². The number of nitrogens with zero attached hydrogens (tertiary/aromatic N) is 1. The maximum absolute atomic E-state index is 13.7. The average Bonchev–Trinajstić information content (AvgIpc) is 3.14. The van der Waals surface area contributed by atoms with E-state index in [1.165, 1.54) is 18.7 Å². The molecule has 0 radical (unpaired) electrons. The number of rotatable bonds is 5. The van der Waals surface area contributed by atoms with Crippen LogP contribution in [0.25, 0.3) is 0 Å². The van der Waals surface area contributed by atoms with Crippen LogP contribution in [0, 0.1) is 5.82 Å². The Labute approximate surface area is 121 Å². The highest BCUT2D eigenvalue weighted by atomic mass is 32.1. The lowest BCUT2D eigenvalue weighted by Crippen LogP contribution is -2.25. The van der Waals surface area contributed by atoms with E-state index in [9.17, 15) is 4.39 Å². The zero-order valence-corrected chi connectivity index (χ0v) is 12.1. The maximum Gasteiger partial charge on any atom is 0.167 e. The number of ether oxygens (including phenoxy) is 1. The first-order valence-corrected chi connectivity index (χ1v) is 7.54. The van der Waals surface area contributed by atoms with E-state index in [1.54, 1.807) is 17.4 Å². The van der Waals surface area contributed by atoms with Crippen LogP contribution < -0.4 is 15.4 Å². The minimum Gasteiger partial charge on any atom is -0.494 e. The molecule has 0 saturated heterocycles. The van der Waals surface area contributed by atoms with Gasteiger partial charge in [0, 0.05) is 24.7 Å². The molecule has 0 bridgehead atoms. The van der Waals surface area contributed by atoms with Gasteiger partial charge in [-0.05, 0) is 35.2 Å². The Morgan fingerprint density at radius 2 is 2.25 bits per heavy atom. The Hall–Kier alpha value is -1.75. The van der Waals surface area contributed by atoms with Crippen LogP contribution in [-0.2, 0) is 6.54 Å². The number of nitrogens with two attached hydrogens (primary N) is 1. The lowest BCUT2D eigenvalue weighted by Gasteiger charge is -2.26. The molecular weight excluding hydrogens is 275 g/mol. The van der Waals surface area contributed by atoms with Gasteiger partial charge in [-0.15, -0.1) is 0 Å². The van der Waals surface area contributed by atoms with Gasteiger partial charge in [0.15, 0.2) is 11.6 Å². The van der Waals surface area contributed by atoms with Gasteiger partial charge in [0.25, 0.3) is 0 Å². The van der Waals surface area contributed by atoms with Gasteiger partial charge in [0.05, 0.1) is 18.5 Å². The van der Waals surface area contributed by atoms with Crippen molar-refractivity contribution in [1.82, 2.24) is 0 Å². The lowest BCUT2D eigenvalue weighted by atomic mass is 10.2. The molecule has 106 valence electrons. The Balaban J connectivity index is 1.94. The Kier molecular flexibility index (Phi) is 3.53. The molecule has 1 aliphatic carbocycles. The zero-order valence-electron chi connectivity index (χ0n) is 11.3. The molecule has 1 heterocycles. The molecule has 0 aliphatic heterocycles. The summed E-state index contributed by atoms with van der Waals surface area (Å²) in [7, 11) is 1.47. The van der Waals surface area contributed by atoms with Crippen LogP contribution in [0.3, 0.4) is 0 Å². The Bertz CT molecular complexity index is 596. The third kappa shape index (κ3) is 2.58. The zero-order chi connectivity index (χ0) is 14.1. The smallest absolute Gasteiger partial charge is 0.167 e. The van der Waals surface area contributed by atoms with E-state index in [-0.39, 0.29) is 5.75 Å². The Morgan fingerprint density at radius 3 is 2.85 bits per heavy atom. The van der Waals surface area contributed by atoms with E-state index >= 15 is 0 Å². The number of hydrogen-bond acceptors (Lipinski definition) is 4. The fraction of sp³-hybridized carbons (Fsp3) is 0.333. The lowest BCUT2D eigenvalue weighted by molar-refractivity contribution is 0.386. The molecule has 1 fully saturated rings. The number of benzene rings is 1. The summed E-state index contributed by atoms with van der Waals surface area (Å²) in [5.41, 5.74) is 8.58. The first kappa shape index (κ1) is 13.2. The normalized spacial score (nSPS) is 14.3. The minimum atomic E-state index is -0.417. The van der Waals surface area contributed by atoms with Gasteiger partial charge in [0.2, 0.25) is 0 Å². The minimum absolute atomic E-state index is 0.241. The van der Waals surface area contributed by atoms with Crippen molar-refractivity contribution < 1.29 is 9.13 Å². The first-order valence-electron chi connectivity index (χ1n) is 6.59.